The summed E-state index contributed by atoms with van der Waals surface area (Å²) in [6.07, 6.45) is 5.59. The van der Waals surface area contributed by atoms with E-state index < -0.39 is 15.6 Å². The zero-order valence-corrected chi connectivity index (χ0v) is 27.3. The number of amides is 1. The second-order valence-corrected chi connectivity index (χ2v) is 15.6. The van der Waals surface area contributed by atoms with Gasteiger partial charge in [-0.15, -0.1) is 0 Å². The second kappa shape index (κ2) is 12.7. The number of hydrogen-bond donors (Lipinski definition) is 0. The number of nitriles is 1. The highest BCUT2D eigenvalue weighted by atomic mass is 32.2. The van der Waals surface area contributed by atoms with Crippen LogP contribution >= 0.6 is 0 Å². The molecule has 1 aromatic heterocycles. The van der Waals surface area contributed by atoms with Gasteiger partial charge in [0.05, 0.1) is 28.3 Å². The first kappa shape index (κ1) is 32.0. The summed E-state index contributed by atoms with van der Waals surface area (Å²) in [7, 11) is -3.21. The van der Waals surface area contributed by atoms with Crippen LogP contribution < -0.4 is 0 Å². The molecule has 0 N–H and O–H groups in total. The number of carbonyl (C=O) groups is 1. The highest BCUT2D eigenvalue weighted by Gasteiger charge is 2.47. The maximum absolute atomic E-state index is 14.5. The number of nitrogens with zero attached hydrogens (tertiary/aromatic N) is 7. The van der Waals surface area contributed by atoms with Crippen LogP contribution in [0.25, 0.3) is 0 Å². The van der Waals surface area contributed by atoms with Crippen molar-refractivity contribution in [2.45, 2.75) is 82.2 Å². The lowest BCUT2D eigenvalue weighted by atomic mass is 9.82. The molecule has 4 fully saturated rings. The molecule has 10 nitrogen and oxygen atoms in total. The number of hydrogen-bond acceptors (Lipinski definition) is 8. The van der Waals surface area contributed by atoms with Crippen LogP contribution in [0.3, 0.4) is 0 Å². The van der Waals surface area contributed by atoms with Gasteiger partial charge in [-0.05, 0) is 82.9 Å². The molecule has 0 radical (unpaired) electrons. The Bertz CT molecular complexity index is 1540. The van der Waals surface area contributed by atoms with Gasteiger partial charge in [-0.1, -0.05) is 12.1 Å². The Morgan fingerprint density at radius 1 is 1.02 bits per heavy atom. The van der Waals surface area contributed by atoms with Crippen LogP contribution in [0.4, 0.5) is 4.39 Å². The third-order valence-corrected chi connectivity index (χ3v) is 13.0. The van der Waals surface area contributed by atoms with Gasteiger partial charge in [-0.2, -0.15) is 5.26 Å². The molecule has 2 aromatic rings. The van der Waals surface area contributed by atoms with E-state index in [1.54, 1.807) is 16.4 Å². The predicted octanol–water partition coefficient (Wildman–Crippen LogP) is 3.68. The average Bonchev–Trinajstić information content (AvgIpc) is 3.89. The fourth-order valence-corrected chi connectivity index (χ4v) is 9.73. The number of aryl methyl sites for hydroxylation is 2. The summed E-state index contributed by atoms with van der Waals surface area (Å²) in [6, 6.07) is 9.54. The number of aromatic nitrogens is 2. The first-order valence-electron chi connectivity index (χ1n) is 16.3. The Labute approximate surface area is 266 Å². The number of sulfonamides is 1. The van der Waals surface area contributed by atoms with Crippen LogP contribution in [0.15, 0.2) is 30.6 Å². The van der Waals surface area contributed by atoms with E-state index in [0.717, 1.165) is 37.8 Å². The summed E-state index contributed by atoms with van der Waals surface area (Å²) >= 11 is 0. The lowest BCUT2D eigenvalue weighted by Gasteiger charge is -2.52. The molecule has 1 aromatic carbocycles. The summed E-state index contributed by atoms with van der Waals surface area (Å²) in [5, 5.41) is 10.3. The second-order valence-electron chi connectivity index (χ2n) is 13.4. The molecule has 1 saturated carbocycles. The van der Waals surface area contributed by atoms with E-state index in [0.29, 0.717) is 69.1 Å². The van der Waals surface area contributed by atoms with Crippen LogP contribution in [0, 0.1) is 36.9 Å². The van der Waals surface area contributed by atoms with Gasteiger partial charge in [0, 0.05) is 57.9 Å². The number of benzene rings is 1. The maximum Gasteiger partial charge on any atom is 0.257 e. The van der Waals surface area contributed by atoms with Crippen molar-refractivity contribution in [3.8, 4) is 6.07 Å². The highest BCUT2D eigenvalue weighted by Crippen LogP contribution is 2.41. The first-order valence-corrected chi connectivity index (χ1v) is 17.8. The van der Waals surface area contributed by atoms with Crippen molar-refractivity contribution in [1.82, 2.24) is 29.0 Å². The van der Waals surface area contributed by atoms with E-state index in [-0.39, 0.29) is 35.0 Å². The molecule has 1 aliphatic carbocycles. The molecule has 6 rings (SSSR count). The Balaban J connectivity index is 1.15. The quantitative estimate of drug-likeness (QED) is 0.452. The van der Waals surface area contributed by atoms with Crippen LogP contribution in [0.1, 0.15) is 78.8 Å². The van der Waals surface area contributed by atoms with E-state index in [2.05, 4.69) is 32.8 Å². The van der Waals surface area contributed by atoms with Crippen LogP contribution in [-0.2, 0) is 10.0 Å². The van der Waals surface area contributed by atoms with E-state index in [1.807, 2.05) is 24.8 Å². The standard InChI is InChI=1S/C33H44FN7O3S/c1-23-20-39(33(21-35)11-15-38(16-12-33)32(42)30-24(2)36-22-37-25(30)3)17-18-41(23)31(27-5-4-6-28(34)19-27)26-9-13-40(14-10-26)45(43,44)29-7-8-29/h4-6,19,22-23,26,29,31H,7-18,20H2,1-3H3/t23?,31-/m1/s1. The predicted molar refractivity (Wildman–Crippen MR) is 168 cm³/mol. The molecule has 12 heteroatoms. The topological polar surface area (TPSA) is 114 Å². The molecule has 1 amide bonds. The molecular formula is C33H44FN7O3S. The monoisotopic (exact) mass is 637 g/mol. The fourth-order valence-electron chi connectivity index (χ4n) is 7.86. The van der Waals surface area contributed by atoms with Crippen LogP contribution in [0.2, 0.25) is 0 Å². The summed E-state index contributed by atoms with van der Waals surface area (Å²) in [6.45, 7) is 9.90. The smallest absolute Gasteiger partial charge is 0.257 e. The zero-order chi connectivity index (χ0) is 31.9. The van der Waals surface area contributed by atoms with Gasteiger partial charge in [-0.25, -0.2) is 27.1 Å². The number of piperidine rings is 2. The normalized spacial score (nSPS) is 24.7. The Kier molecular flexibility index (Phi) is 9.00. The largest absolute Gasteiger partial charge is 0.338 e. The minimum absolute atomic E-state index is 0.0410. The zero-order valence-electron chi connectivity index (χ0n) is 26.5. The van der Waals surface area contributed by atoms with Gasteiger partial charge < -0.3 is 4.90 Å². The summed E-state index contributed by atoms with van der Waals surface area (Å²) < 4.78 is 42.0. The van der Waals surface area contributed by atoms with E-state index in [9.17, 15) is 22.9 Å². The maximum atomic E-state index is 14.5. The van der Waals surface area contributed by atoms with Crippen molar-refractivity contribution < 1.29 is 17.6 Å². The van der Waals surface area contributed by atoms with Crippen molar-refractivity contribution in [1.29, 1.82) is 5.26 Å². The summed E-state index contributed by atoms with van der Waals surface area (Å²) in [5.41, 5.74) is 2.14. The average molecular weight is 638 g/mol. The molecule has 242 valence electrons. The summed E-state index contributed by atoms with van der Waals surface area (Å²) in [5.74, 6) is -0.154. The number of likely N-dealkylation sites (tertiary alicyclic amines) is 1. The first-order chi connectivity index (χ1) is 21.5. The molecule has 4 heterocycles. The lowest BCUT2D eigenvalue weighted by Crippen LogP contribution is -2.63. The van der Waals surface area contributed by atoms with E-state index >= 15 is 0 Å². The number of rotatable bonds is 7. The van der Waals surface area contributed by atoms with Crippen LogP contribution in [0.5, 0.6) is 0 Å². The minimum Gasteiger partial charge on any atom is -0.338 e. The lowest BCUT2D eigenvalue weighted by molar-refractivity contribution is -0.0295. The highest BCUT2D eigenvalue weighted by molar-refractivity contribution is 7.90. The summed E-state index contributed by atoms with van der Waals surface area (Å²) in [4.78, 5) is 28.4. The molecule has 45 heavy (non-hydrogen) atoms. The number of carbonyl (C=O) groups excluding carboxylic acids is 1. The molecule has 0 bridgehead atoms. The van der Waals surface area contributed by atoms with Crippen molar-refractivity contribution in [2.75, 3.05) is 45.8 Å². The minimum atomic E-state index is -3.21. The molecule has 4 aliphatic rings. The molecule has 1 unspecified atom stereocenters. The Hall–Kier alpha value is -2.98. The third kappa shape index (κ3) is 6.24. The van der Waals surface area contributed by atoms with Crippen LogP contribution in [-0.4, -0.2) is 106 Å². The molecule has 3 saturated heterocycles. The van der Waals surface area contributed by atoms with Gasteiger partial charge in [-0.3, -0.25) is 14.6 Å². The molecule has 0 spiro atoms. The van der Waals surface area contributed by atoms with Gasteiger partial charge in [0.25, 0.3) is 5.91 Å². The van der Waals surface area contributed by atoms with E-state index in [1.165, 1.54) is 12.4 Å². The SMILES string of the molecule is Cc1ncnc(C)c1C(=O)N1CCC(C#N)(N2CCN([C@@H](c3cccc(F)c3)C3CCN(S(=O)(=O)C4CC4)CC3)C(C)C2)CC1. The van der Waals surface area contributed by atoms with Crippen molar-refractivity contribution in [2.24, 2.45) is 5.92 Å². The van der Waals surface area contributed by atoms with Gasteiger partial charge in [0.2, 0.25) is 10.0 Å². The Morgan fingerprint density at radius 2 is 1.69 bits per heavy atom. The Morgan fingerprint density at radius 3 is 2.27 bits per heavy atom. The van der Waals surface area contributed by atoms with E-state index in [4.69, 9.17) is 0 Å². The molecule has 3 aliphatic heterocycles. The van der Waals surface area contributed by atoms with Gasteiger partial charge in [0.15, 0.2) is 0 Å². The third-order valence-electron chi connectivity index (χ3n) is 10.6. The molecular weight excluding hydrogens is 593 g/mol. The number of piperazine rings is 1. The number of halogens is 1. The van der Waals surface area contributed by atoms with Gasteiger partial charge in [0.1, 0.15) is 17.7 Å². The van der Waals surface area contributed by atoms with Crippen molar-refractivity contribution >= 4 is 15.9 Å². The van der Waals surface area contributed by atoms with Crippen molar-refractivity contribution in [3.63, 3.8) is 0 Å². The van der Waals surface area contributed by atoms with Crippen molar-refractivity contribution in [3.05, 3.63) is 58.9 Å². The van der Waals surface area contributed by atoms with Gasteiger partial charge >= 0.3 is 0 Å². The molecule has 2 atom stereocenters. The fraction of sp³-hybridized carbons (Fsp3) is 0.636.